The van der Waals surface area contributed by atoms with Crippen LogP contribution in [0.4, 0.5) is 18.9 Å². The third-order valence-electron chi connectivity index (χ3n) is 4.90. The second kappa shape index (κ2) is 6.93. The van der Waals surface area contributed by atoms with E-state index in [1.54, 1.807) is 4.90 Å². The molecule has 1 spiro atoms. The van der Waals surface area contributed by atoms with Gasteiger partial charge in [0.25, 0.3) is 0 Å². The van der Waals surface area contributed by atoms with Crippen LogP contribution in [0.1, 0.15) is 24.8 Å². The summed E-state index contributed by atoms with van der Waals surface area (Å²) in [5, 5.41) is 12.7. The molecule has 2 heterocycles. The van der Waals surface area contributed by atoms with Gasteiger partial charge in [-0.05, 0) is 31.4 Å². The smallest absolute Gasteiger partial charge is 0.389 e. The van der Waals surface area contributed by atoms with Crippen molar-refractivity contribution < 1.29 is 27.8 Å². The Balaban J connectivity index is 1.59. The molecule has 25 heavy (non-hydrogen) atoms. The minimum atomic E-state index is -4.53. The predicted molar refractivity (Wildman–Crippen MR) is 85.1 cm³/mol. The first-order chi connectivity index (χ1) is 11.8. The third kappa shape index (κ3) is 3.96. The number of ether oxygens (including phenoxy) is 1. The molecule has 138 valence electrons. The first-order valence-electron chi connectivity index (χ1n) is 8.31. The fraction of sp³-hybridized carbons (Fsp3) is 0.588. The number of aliphatic hydroxyl groups is 1. The molecule has 2 aliphatic heterocycles. The summed E-state index contributed by atoms with van der Waals surface area (Å²) >= 11 is 0. The number of anilines is 1. The summed E-state index contributed by atoms with van der Waals surface area (Å²) in [7, 11) is 0. The average molecular weight is 358 g/mol. The topological polar surface area (TPSA) is 61.8 Å². The molecular weight excluding hydrogens is 337 g/mol. The van der Waals surface area contributed by atoms with Crippen LogP contribution >= 0.6 is 0 Å². The molecule has 2 fully saturated rings. The van der Waals surface area contributed by atoms with Crippen molar-refractivity contribution in [3.8, 4) is 0 Å². The Kier molecular flexibility index (Phi) is 5.04. The number of rotatable bonds is 3. The van der Waals surface area contributed by atoms with Gasteiger partial charge in [-0.1, -0.05) is 12.1 Å². The first kappa shape index (κ1) is 18.2. The van der Waals surface area contributed by atoms with Crippen molar-refractivity contribution in [2.24, 2.45) is 0 Å². The molecular formula is C17H21F3N2O3. The summed E-state index contributed by atoms with van der Waals surface area (Å²) in [5.74, 6) is -0.535. The first-order valence-corrected chi connectivity index (χ1v) is 8.31. The number of hydrogen-bond donors (Lipinski definition) is 2. The van der Waals surface area contributed by atoms with Gasteiger partial charge >= 0.3 is 6.18 Å². The van der Waals surface area contributed by atoms with Crippen molar-refractivity contribution in [3.63, 3.8) is 0 Å². The van der Waals surface area contributed by atoms with Crippen LogP contribution in [-0.2, 0) is 15.7 Å². The van der Waals surface area contributed by atoms with Crippen LogP contribution in [-0.4, -0.2) is 53.9 Å². The van der Waals surface area contributed by atoms with E-state index in [0.29, 0.717) is 19.6 Å². The van der Waals surface area contributed by atoms with Gasteiger partial charge in [0.05, 0.1) is 29.5 Å². The largest absolute Gasteiger partial charge is 0.418 e. The molecule has 2 saturated heterocycles. The van der Waals surface area contributed by atoms with Crippen LogP contribution in [0.25, 0.3) is 0 Å². The van der Waals surface area contributed by atoms with E-state index in [1.165, 1.54) is 18.2 Å². The van der Waals surface area contributed by atoms with Crippen molar-refractivity contribution in [1.29, 1.82) is 0 Å². The summed E-state index contributed by atoms with van der Waals surface area (Å²) in [5.41, 5.74) is -1.65. The summed E-state index contributed by atoms with van der Waals surface area (Å²) in [6.45, 7) is 1.39. The normalized spacial score (nSPS) is 27.6. The van der Waals surface area contributed by atoms with Crippen LogP contribution in [0.3, 0.4) is 0 Å². The van der Waals surface area contributed by atoms with E-state index >= 15 is 0 Å². The molecule has 2 aliphatic rings. The SMILES string of the molecule is O=C(CN1CC[C@@]2(CCCO2)[C@@H](O)C1)Nc1ccccc1C(F)(F)F. The van der Waals surface area contributed by atoms with Gasteiger partial charge in [0.15, 0.2) is 0 Å². The Labute approximate surface area is 143 Å². The predicted octanol–water partition coefficient (Wildman–Crippen LogP) is 2.26. The maximum Gasteiger partial charge on any atom is 0.418 e. The van der Waals surface area contributed by atoms with Gasteiger partial charge in [0.2, 0.25) is 5.91 Å². The van der Waals surface area contributed by atoms with Gasteiger partial charge in [-0.3, -0.25) is 9.69 Å². The van der Waals surface area contributed by atoms with Crippen LogP contribution in [0.2, 0.25) is 0 Å². The summed E-state index contributed by atoms with van der Waals surface area (Å²) in [4.78, 5) is 13.9. The van der Waals surface area contributed by atoms with Crippen LogP contribution in [0.15, 0.2) is 24.3 Å². The van der Waals surface area contributed by atoms with Gasteiger partial charge in [0, 0.05) is 19.7 Å². The number of β-amino-alcohol motifs (C(OH)–C–C–N with tert-alkyl or cyclic N) is 1. The number of halogens is 3. The Bertz CT molecular complexity index is 630. The van der Waals surface area contributed by atoms with Crippen LogP contribution in [0, 0.1) is 0 Å². The van der Waals surface area contributed by atoms with Gasteiger partial charge in [-0.2, -0.15) is 13.2 Å². The maximum absolute atomic E-state index is 13.0. The highest BCUT2D eigenvalue weighted by atomic mass is 19.4. The number of carbonyl (C=O) groups excluding carboxylic acids is 1. The summed E-state index contributed by atoms with van der Waals surface area (Å²) in [6, 6.07) is 4.88. The van der Waals surface area contributed by atoms with E-state index in [2.05, 4.69) is 5.32 Å². The van der Waals surface area contributed by atoms with Gasteiger partial charge in [-0.25, -0.2) is 0 Å². The number of alkyl halides is 3. The molecule has 0 aromatic heterocycles. The number of nitrogens with one attached hydrogen (secondary N) is 1. The number of benzene rings is 1. The molecule has 0 saturated carbocycles. The van der Waals surface area contributed by atoms with E-state index in [-0.39, 0.29) is 18.8 Å². The van der Waals surface area contributed by atoms with Gasteiger partial charge in [-0.15, -0.1) is 0 Å². The van der Waals surface area contributed by atoms with Crippen molar-refractivity contribution >= 4 is 11.6 Å². The summed E-state index contributed by atoms with van der Waals surface area (Å²) < 4.78 is 44.6. The lowest BCUT2D eigenvalue weighted by molar-refractivity contribution is -0.137. The number of likely N-dealkylation sites (tertiary alicyclic amines) is 1. The number of nitrogens with zero attached hydrogens (tertiary/aromatic N) is 1. The highest BCUT2D eigenvalue weighted by Gasteiger charge is 2.45. The number of hydrogen-bond acceptors (Lipinski definition) is 4. The van der Waals surface area contributed by atoms with Crippen LogP contribution in [0.5, 0.6) is 0 Å². The van der Waals surface area contributed by atoms with Crippen molar-refractivity contribution in [2.75, 3.05) is 31.6 Å². The molecule has 5 nitrogen and oxygen atoms in total. The van der Waals surface area contributed by atoms with Crippen molar-refractivity contribution in [2.45, 2.75) is 37.1 Å². The number of carbonyl (C=O) groups is 1. The lowest BCUT2D eigenvalue weighted by Gasteiger charge is -2.42. The Morgan fingerprint density at radius 1 is 1.36 bits per heavy atom. The van der Waals surface area contributed by atoms with E-state index in [9.17, 15) is 23.1 Å². The quantitative estimate of drug-likeness (QED) is 0.870. The van der Waals surface area contributed by atoms with E-state index < -0.39 is 29.4 Å². The molecule has 1 aromatic carbocycles. The molecule has 3 rings (SSSR count). The number of aliphatic hydroxyl groups excluding tert-OH is 1. The molecule has 1 aromatic rings. The highest BCUT2D eigenvalue weighted by molar-refractivity contribution is 5.93. The number of para-hydroxylation sites is 1. The zero-order valence-electron chi connectivity index (χ0n) is 13.7. The number of amides is 1. The molecule has 1 amide bonds. The molecule has 2 atom stereocenters. The fourth-order valence-electron chi connectivity index (χ4n) is 3.57. The Morgan fingerprint density at radius 3 is 2.76 bits per heavy atom. The third-order valence-corrected chi connectivity index (χ3v) is 4.90. The fourth-order valence-corrected chi connectivity index (χ4v) is 3.57. The minimum Gasteiger partial charge on any atom is -0.389 e. The monoisotopic (exact) mass is 358 g/mol. The zero-order valence-corrected chi connectivity index (χ0v) is 13.7. The van der Waals surface area contributed by atoms with E-state index in [0.717, 1.165) is 18.9 Å². The summed E-state index contributed by atoms with van der Waals surface area (Å²) in [6.07, 6.45) is -2.91. The van der Waals surface area contributed by atoms with Crippen molar-refractivity contribution in [1.82, 2.24) is 4.90 Å². The molecule has 0 radical (unpaired) electrons. The zero-order chi connectivity index (χ0) is 18.1. The van der Waals surface area contributed by atoms with Crippen molar-refractivity contribution in [3.05, 3.63) is 29.8 Å². The van der Waals surface area contributed by atoms with Gasteiger partial charge in [0.1, 0.15) is 0 Å². The van der Waals surface area contributed by atoms with E-state index in [4.69, 9.17) is 4.74 Å². The molecule has 0 unspecified atom stereocenters. The second-order valence-electron chi connectivity index (χ2n) is 6.61. The molecule has 0 bridgehead atoms. The lowest BCUT2D eigenvalue weighted by atomic mass is 9.86. The van der Waals surface area contributed by atoms with Crippen LogP contribution < -0.4 is 5.32 Å². The lowest BCUT2D eigenvalue weighted by Crippen LogP contribution is -2.56. The average Bonchev–Trinajstić information content (AvgIpc) is 3.00. The van der Waals surface area contributed by atoms with Gasteiger partial charge < -0.3 is 15.2 Å². The second-order valence-corrected chi connectivity index (χ2v) is 6.61. The minimum absolute atomic E-state index is 0.0701. The molecule has 0 aliphatic carbocycles. The highest BCUT2D eigenvalue weighted by Crippen LogP contribution is 2.36. The standard InChI is InChI=1S/C17H21F3N2O3/c18-17(19,20)12-4-1-2-5-13(12)21-15(24)11-22-8-7-16(14(23)10-22)6-3-9-25-16/h1-2,4-5,14,23H,3,6-11H2,(H,21,24)/t14-,16-/m0/s1. The Hall–Kier alpha value is -1.64. The Morgan fingerprint density at radius 2 is 2.12 bits per heavy atom. The molecule has 2 N–H and O–H groups in total. The molecule has 8 heteroatoms. The van der Waals surface area contributed by atoms with E-state index in [1.807, 2.05) is 0 Å². The maximum atomic E-state index is 13.0. The number of piperidine rings is 1.